The molecule has 0 aromatic heterocycles. The SMILES string of the molecule is CC(C)(CN)CN1CCC(=O)NCC1=O. The summed E-state index contributed by atoms with van der Waals surface area (Å²) in [5.74, 6) is -0.0845. The fourth-order valence-corrected chi connectivity index (χ4v) is 1.48. The molecule has 15 heavy (non-hydrogen) atoms. The van der Waals surface area contributed by atoms with E-state index in [9.17, 15) is 9.59 Å². The van der Waals surface area contributed by atoms with E-state index in [1.807, 2.05) is 13.8 Å². The van der Waals surface area contributed by atoms with Crippen LogP contribution in [0.5, 0.6) is 0 Å². The number of hydrogen-bond donors (Lipinski definition) is 2. The van der Waals surface area contributed by atoms with Crippen LogP contribution in [0.25, 0.3) is 0 Å². The molecule has 1 aliphatic heterocycles. The van der Waals surface area contributed by atoms with E-state index in [-0.39, 0.29) is 23.8 Å². The Bertz CT molecular complexity index is 263. The Morgan fingerprint density at radius 3 is 2.73 bits per heavy atom. The second kappa shape index (κ2) is 4.61. The van der Waals surface area contributed by atoms with Gasteiger partial charge in [-0.1, -0.05) is 13.8 Å². The molecular weight excluding hydrogens is 194 g/mol. The Kier molecular flexibility index (Phi) is 3.68. The number of nitrogens with zero attached hydrogens (tertiary/aromatic N) is 1. The third-order valence-corrected chi connectivity index (χ3v) is 2.57. The highest BCUT2D eigenvalue weighted by Gasteiger charge is 2.26. The van der Waals surface area contributed by atoms with Gasteiger partial charge < -0.3 is 16.0 Å². The highest BCUT2D eigenvalue weighted by atomic mass is 16.2. The quantitative estimate of drug-likeness (QED) is 0.652. The van der Waals surface area contributed by atoms with Crippen LogP contribution in [0.2, 0.25) is 0 Å². The molecule has 0 radical (unpaired) electrons. The smallest absolute Gasteiger partial charge is 0.241 e. The minimum Gasteiger partial charge on any atom is -0.347 e. The van der Waals surface area contributed by atoms with E-state index < -0.39 is 0 Å². The minimum absolute atomic E-state index is 0.0256. The number of nitrogens with one attached hydrogen (secondary N) is 1. The van der Waals surface area contributed by atoms with Crippen molar-refractivity contribution in [2.75, 3.05) is 26.2 Å². The molecule has 86 valence electrons. The van der Waals surface area contributed by atoms with Crippen molar-refractivity contribution in [1.82, 2.24) is 10.2 Å². The molecule has 1 rings (SSSR count). The van der Waals surface area contributed by atoms with Crippen LogP contribution in [0.15, 0.2) is 0 Å². The normalized spacial score (nSPS) is 18.7. The molecule has 1 heterocycles. The summed E-state index contributed by atoms with van der Waals surface area (Å²) in [6.45, 7) is 5.77. The summed E-state index contributed by atoms with van der Waals surface area (Å²) in [6, 6.07) is 0. The summed E-state index contributed by atoms with van der Waals surface area (Å²) in [5.41, 5.74) is 5.52. The van der Waals surface area contributed by atoms with E-state index in [4.69, 9.17) is 5.73 Å². The standard InChI is InChI=1S/C10H19N3O2/c1-10(2,6-11)7-13-4-3-8(14)12-5-9(13)15/h3-7,11H2,1-2H3,(H,12,14). The highest BCUT2D eigenvalue weighted by Crippen LogP contribution is 2.15. The first-order chi connectivity index (χ1) is 6.94. The van der Waals surface area contributed by atoms with Gasteiger partial charge in [0.1, 0.15) is 0 Å². The molecule has 0 atom stereocenters. The van der Waals surface area contributed by atoms with Crippen LogP contribution in [-0.4, -0.2) is 42.9 Å². The van der Waals surface area contributed by atoms with Gasteiger partial charge in [0.15, 0.2) is 0 Å². The van der Waals surface area contributed by atoms with Gasteiger partial charge in [0, 0.05) is 19.5 Å². The van der Waals surface area contributed by atoms with Gasteiger partial charge in [0.05, 0.1) is 6.54 Å². The van der Waals surface area contributed by atoms with Crippen molar-refractivity contribution in [2.45, 2.75) is 20.3 Å². The van der Waals surface area contributed by atoms with Crippen molar-refractivity contribution in [3.63, 3.8) is 0 Å². The summed E-state index contributed by atoms with van der Waals surface area (Å²) in [7, 11) is 0. The molecule has 1 saturated heterocycles. The summed E-state index contributed by atoms with van der Waals surface area (Å²) in [6.07, 6.45) is 0.381. The molecule has 0 spiro atoms. The third-order valence-electron chi connectivity index (χ3n) is 2.57. The zero-order valence-electron chi connectivity index (χ0n) is 9.38. The average molecular weight is 213 g/mol. The summed E-state index contributed by atoms with van der Waals surface area (Å²) in [4.78, 5) is 24.4. The molecule has 2 amide bonds. The lowest BCUT2D eigenvalue weighted by Gasteiger charge is -2.30. The van der Waals surface area contributed by atoms with Crippen LogP contribution in [-0.2, 0) is 9.59 Å². The highest BCUT2D eigenvalue weighted by molar-refractivity contribution is 5.87. The first kappa shape index (κ1) is 12.0. The first-order valence-electron chi connectivity index (χ1n) is 5.19. The average Bonchev–Trinajstić information content (AvgIpc) is 2.33. The van der Waals surface area contributed by atoms with Crippen molar-refractivity contribution in [1.29, 1.82) is 0 Å². The molecule has 5 heteroatoms. The number of rotatable bonds is 3. The molecule has 0 unspecified atom stereocenters. The van der Waals surface area contributed by atoms with Crippen LogP contribution in [0, 0.1) is 5.41 Å². The molecule has 1 aliphatic rings. The molecule has 5 nitrogen and oxygen atoms in total. The number of carbonyl (C=O) groups excluding carboxylic acids is 2. The van der Waals surface area contributed by atoms with E-state index >= 15 is 0 Å². The Hall–Kier alpha value is -1.10. The van der Waals surface area contributed by atoms with Gasteiger partial charge in [-0.05, 0) is 12.0 Å². The van der Waals surface area contributed by atoms with Crippen molar-refractivity contribution >= 4 is 11.8 Å². The van der Waals surface area contributed by atoms with Crippen LogP contribution >= 0.6 is 0 Å². The van der Waals surface area contributed by atoms with Gasteiger partial charge in [-0.15, -0.1) is 0 Å². The molecule has 0 aromatic rings. The minimum atomic E-state index is -0.0942. The predicted octanol–water partition coefficient (Wildman–Crippen LogP) is -0.680. The summed E-state index contributed by atoms with van der Waals surface area (Å²) < 4.78 is 0. The van der Waals surface area contributed by atoms with E-state index in [1.54, 1.807) is 4.90 Å². The molecule has 0 aromatic carbocycles. The van der Waals surface area contributed by atoms with Crippen molar-refractivity contribution in [2.24, 2.45) is 11.1 Å². The second-order valence-electron chi connectivity index (χ2n) is 4.71. The van der Waals surface area contributed by atoms with Gasteiger partial charge >= 0.3 is 0 Å². The topological polar surface area (TPSA) is 75.4 Å². The Morgan fingerprint density at radius 2 is 2.13 bits per heavy atom. The third kappa shape index (κ3) is 3.51. The number of hydrogen-bond acceptors (Lipinski definition) is 3. The molecular formula is C10H19N3O2. The fraction of sp³-hybridized carbons (Fsp3) is 0.800. The monoisotopic (exact) mass is 213 g/mol. The van der Waals surface area contributed by atoms with Crippen LogP contribution < -0.4 is 11.1 Å². The molecule has 1 fully saturated rings. The van der Waals surface area contributed by atoms with Crippen molar-refractivity contribution in [3.05, 3.63) is 0 Å². The number of amides is 2. The van der Waals surface area contributed by atoms with Gasteiger partial charge in [-0.3, -0.25) is 9.59 Å². The second-order valence-corrected chi connectivity index (χ2v) is 4.71. The zero-order valence-corrected chi connectivity index (χ0v) is 9.38. The predicted molar refractivity (Wildman–Crippen MR) is 57.0 cm³/mol. The maximum Gasteiger partial charge on any atom is 0.241 e. The number of nitrogens with two attached hydrogens (primary N) is 1. The summed E-state index contributed by atoms with van der Waals surface area (Å²) >= 11 is 0. The van der Waals surface area contributed by atoms with E-state index in [1.165, 1.54) is 0 Å². The lowest BCUT2D eigenvalue weighted by molar-refractivity contribution is -0.131. The fourth-order valence-electron chi connectivity index (χ4n) is 1.48. The van der Waals surface area contributed by atoms with Crippen LogP contribution in [0.3, 0.4) is 0 Å². The van der Waals surface area contributed by atoms with Crippen molar-refractivity contribution in [3.8, 4) is 0 Å². The Labute approximate surface area is 90.0 Å². The Morgan fingerprint density at radius 1 is 1.47 bits per heavy atom. The number of carbonyl (C=O) groups is 2. The van der Waals surface area contributed by atoms with Crippen molar-refractivity contribution < 1.29 is 9.59 Å². The summed E-state index contributed by atoms with van der Waals surface area (Å²) in [5, 5.41) is 2.57. The van der Waals surface area contributed by atoms with Gasteiger partial charge in [0.25, 0.3) is 0 Å². The first-order valence-corrected chi connectivity index (χ1v) is 5.19. The lowest BCUT2D eigenvalue weighted by atomic mass is 9.93. The zero-order chi connectivity index (χ0) is 11.5. The van der Waals surface area contributed by atoms with E-state index in [2.05, 4.69) is 5.32 Å². The maximum absolute atomic E-state index is 11.6. The molecule has 0 saturated carbocycles. The Balaban J connectivity index is 2.60. The van der Waals surface area contributed by atoms with Crippen LogP contribution in [0.4, 0.5) is 0 Å². The molecule has 3 N–H and O–H groups in total. The van der Waals surface area contributed by atoms with Gasteiger partial charge in [-0.2, -0.15) is 0 Å². The van der Waals surface area contributed by atoms with Crippen LogP contribution in [0.1, 0.15) is 20.3 Å². The lowest BCUT2D eigenvalue weighted by Crippen LogP contribution is -2.43. The van der Waals surface area contributed by atoms with Gasteiger partial charge in [0.2, 0.25) is 11.8 Å². The molecule has 0 aliphatic carbocycles. The largest absolute Gasteiger partial charge is 0.347 e. The van der Waals surface area contributed by atoms with E-state index in [0.717, 1.165) is 0 Å². The van der Waals surface area contributed by atoms with Gasteiger partial charge in [-0.25, -0.2) is 0 Å². The maximum atomic E-state index is 11.6. The van der Waals surface area contributed by atoms with E-state index in [0.29, 0.717) is 26.1 Å². The molecule has 0 bridgehead atoms.